The second-order valence-electron chi connectivity index (χ2n) is 7.62. The van der Waals surface area contributed by atoms with Crippen molar-refractivity contribution in [3.63, 3.8) is 0 Å². The number of aromatic nitrogens is 1. The molecule has 1 fully saturated rings. The van der Waals surface area contributed by atoms with E-state index < -0.39 is 15.7 Å². The Labute approximate surface area is 175 Å². The van der Waals surface area contributed by atoms with E-state index in [4.69, 9.17) is 9.15 Å². The number of hydrogen-bond acceptors (Lipinski definition) is 6. The molecule has 0 amide bonds. The van der Waals surface area contributed by atoms with Gasteiger partial charge in [-0.1, -0.05) is 17.7 Å². The van der Waals surface area contributed by atoms with Crippen LogP contribution in [0.3, 0.4) is 0 Å². The van der Waals surface area contributed by atoms with Crippen LogP contribution in [0.2, 0.25) is 0 Å². The number of oxazole rings is 1. The van der Waals surface area contributed by atoms with Crippen LogP contribution in [0, 0.1) is 12.7 Å². The number of anilines is 1. The molecule has 0 radical (unpaired) electrons. The maximum Gasteiger partial charge on any atom is 0.236 e. The number of benzene rings is 2. The predicted octanol–water partition coefficient (Wildman–Crippen LogP) is 4.24. The van der Waals surface area contributed by atoms with Gasteiger partial charge >= 0.3 is 0 Å². The van der Waals surface area contributed by atoms with Crippen LogP contribution < -0.4 is 4.90 Å². The van der Waals surface area contributed by atoms with E-state index in [0.717, 1.165) is 5.56 Å². The van der Waals surface area contributed by atoms with E-state index in [9.17, 15) is 12.8 Å². The molecule has 6 nitrogen and oxygen atoms in total. The summed E-state index contributed by atoms with van der Waals surface area (Å²) in [5.74, 6) is -0.0896. The van der Waals surface area contributed by atoms with Gasteiger partial charge in [-0.15, -0.1) is 0 Å². The van der Waals surface area contributed by atoms with Crippen LogP contribution >= 0.6 is 0 Å². The molecule has 1 aliphatic rings. The van der Waals surface area contributed by atoms with Gasteiger partial charge in [0.2, 0.25) is 26.6 Å². The summed E-state index contributed by atoms with van der Waals surface area (Å²) < 4.78 is 51.9. The van der Waals surface area contributed by atoms with Gasteiger partial charge in [0.1, 0.15) is 5.82 Å². The summed E-state index contributed by atoms with van der Waals surface area (Å²) in [7, 11) is -3.93. The van der Waals surface area contributed by atoms with Crippen LogP contribution in [-0.4, -0.2) is 38.7 Å². The van der Waals surface area contributed by atoms with E-state index >= 15 is 0 Å². The Morgan fingerprint density at radius 2 is 1.60 bits per heavy atom. The Morgan fingerprint density at radius 1 is 1.00 bits per heavy atom. The second kappa shape index (κ2) is 7.85. The maximum absolute atomic E-state index is 13.4. The first-order valence-electron chi connectivity index (χ1n) is 9.73. The molecule has 2 atom stereocenters. The predicted molar refractivity (Wildman–Crippen MR) is 111 cm³/mol. The Balaban J connectivity index is 1.85. The first-order chi connectivity index (χ1) is 14.2. The van der Waals surface area contributed by atoms with Gasteiger partial charge in [0.25, 0.3) is 0 Å². The molecule has 3 aromatic rings. The number of rotatable bonds is 4. The first kappa shape index (κ1) is 20.6. The zero-order valence-corrected chi connectivity index (χ0v) is 17.8. The van der Waals surface area contributed by atoms with Gasteiger partial charge < -0.3 is 14.1 Å². The van der Waals surface area contributed by atoms with Crippen molar-refractivity contribution in [3.8, 4) is 11.5 Å². The SMILES string of the molecule is Cc1ccc(S(=O)(=O)c2nc(-c3ccc(F)cc3)oc2N2C[C@@H](C)O[C@H](C)C2)cc1. The third-order valence-corrected chi connectivity index (χ3v) is 6.63. The second-order valence-corrected chi connectivity index (χ2v) is 9.48. The fourth-order valence-corrected chi connectivity index (χ4v) is 4.88. The molecular formula is C22H23FN2O4S. The summed E-state index contributed by atoms with van der Waals surface area (Å²) in [6, 6.07) is 12.2. The van der Waals surface area contributed by atoms with Gasteiger partial charge in [0.15, 0.2) is 0 Å². The number of nitrogens with zero attached hydrogens (tertiary/aromatic N) is 2. The van der Waals surface area contributed by atoms with Gasteiger partial charge in [0, 0.05) is 18.7 Å². The van der Waals surface area contributed by atoms with Crippen molar-refractivity contribution in [2.75, 3.05) is 18.0 Å². The molecule has 1 saturated heterocycles. The molecule has 0 bridgehead atoms. The zero-order chi connectivity index (χ0) is 21.5. The maximum atomic E-state index is 13.4. The lowest BCUT2D eigenvalue weighted by molar-refractivity contribution is -0.00657. The highest BCUT2D eigenvalue weighted by atomic mass is 32.2. The largest absolute Gasteiger partial charge is 0.419 e. The van der Waals surface area contributed by atoms with E-state index in [0.29, 0.717) is 18.7 Å². The Morgan fingerprint density at radius 3 is 2.20 bits per heavy atom. The van der Waals surface area contributed by atoms with Crippen molar-refractivity contribution in [3.05, 3.63) is 59.9 Å². The molecule has 1 aromatic heterocycles. The summed E-state index contributed by atoms with van der Waals surface area (Å²) in [5.41, 5.74) is 1.45. The lowest BCUT2D eigenvalue weighted by Gasteiger charge is -2.35. The number of sulfone groups is 1. The topological polar surface area (TPSA) is 72.6 Å². The Bertz CT molecular complexity index is 1130. The monoisotopic (exact) mass is 430 g/mol. The zero-order valence-electron chi connectivity index (χ0n) is 17.0. The third-order valence-electron chi connectivity index (χ3n) is 4.96. The lowest BCUT2D eigenvalue weighted by atomic mass is 10.2. The molecule has 0 saturated carbocycles. The van der Waals surface area contributed by atoms with Crippen LogP contribution in [0.4, 0.5) is 10.3 Å². The first-order valence-corrected chi connectivity index (χ1v) is 11.2. The van der Waals surface area contributed by atoms with Crippen molar-refractivity contribution in [1.29, 1.82) is 0 Å². The highest BCUT2D eigenvalue weighted by Gasteiger charge is 2.34. The van der Waals surface area contributed by atoms with Gasteiger partial charge in [-0.3, -0.25) is 0 Å². The van der Waals surface area contributed by atoms with Crippen LogP contribution in [0.15, 0.2) is 62.9 Å². The molecular weight excluding hydrogens is 407 g/mol. The fraction of sp³-hybridized carbons (Fsp3) is 0.318. The van der Waals surface area contributed by atoms with Crippen molar-refractivity contribution >= 4 is 15.7 Å². The Hall–Kier alpha value is -2.71. The minimum atomic E-state index is -3.93. The molecule has 8 heteroatoms. The lowest BCUT2D eigenvalue weighted by Crippen LogP contribution is -2.45. The van der Waals surface area contributed by atoms with Crippen LogP contribution in [-0.2, 0) is 14.6 Å². The molecule has 0 spiro atoms. The molecule has 0 unspecified atom stereocenters. The van der Waals surface area contributed by atoms with Gasteiger partial charge in [0.05, 0.1) is 17.1 Å². The Kier molecular flexibility index (Phi) is 5.38. The van der Waals surface area contributed by atoms with Crippen molar-refractivity contribution < 1.29 is 22.0 Å². The highest BCUT2D eigenvalue weighted by molar-refractivity contribution is 7.91. The standard InChI is InChI=1S/C22H23FN2O4S/c1-14-4-10-19(11-5-14)30(26,27)21-22(25-12-15(2)28-16(3)13-25)29-20(24-21)17-6-8-18(23)9-7-17/h4-11,15-16H,12-13H2,1-3H3/t15-,16-/m1/s1. The number of halogens is 1. The number of ether oxygens (including phenoxy) is 1. The average molecular weight is 431 g/mol. The van der Waals surface area contributed by atoms with Gasteiger partial charge in [-0.05, 0) is 57.2 Å². The number of morpholine rings is 1. The summed E-state index contributed by atoms with van der Waals surface area (Å²) in [6.07, 6.45) is -0.189. The average Bonchev–Trinajstić information content (AvgIpc) is 3.14. The van der Waals surface area contributed by atoms with Crippen molar-refractivity contribution in [2.45, 2.75) is 42.9 Å². The van der Waals surface area contributed by atoms with E-state index in [1.54, 1.807) is 24.3 Å². The van der Waals surface area contributed by atoms with E-state index in [2.05, 4.69) is 4.98 Å². The molecule has 4 rings (SSSR count). The minimum absolute atomic E-state index is 0.0944. The van der Waals surface area contributed by atoms with E-state index in [1.165, 1.54) is 24.3 Å². The molecule has 2 heterocycles. The van der Waals surface area contributed by atoms with Crippen molar-refractivity contribution in [2.24, 2.45) is 0 Å². The molecule has 1 aliphatic heterocycles. The van der Waals surface area contributed by atoms with Crippen LogP contribution in [0.25, 0.3) is 11.5 Å². The number of aryl methyl sites for hydroxylation is 1. The summed E-state index contributed by atoms with van der Waals surface area (Å²) in [5, 5.41) is -0.146. The quantitative estimate of drug-likeness (QED) is 0.617. The number of hydrogen-bond donors (Lipinski definition) is 0. The summed E-state index contributed by atoms with van der Waals surface area (Å²) in [6.45, 7) is 6.68. The van der Waals surface area contributed by atoms with E-state index in [1.807, 2.05) is 25.7 Å². The highest BCUT2D eigenvalue weighted by Crippen LogP contribution is 2.36. The normalized spacial score (nSPS) is 19.8. The molecule has 0 N–H and O–H groups in total. The minimum Gasteiger partial charge on any atom is -0.419 e. The molecule has 2 aromatic carbocycles. The van der Waals surface area contributed by atoms with Gasteiger partial charge in [-0.2, -0.15) is 4.98 Å². The summed E-state index contributed by atoms with van der Waals surface area (Å²) >= 11 is 0. The van der Waals surface area contributed by atoms with E-state index in [-0.39, 0.29) is 33.9 Å². The molecule has 0 aliphatic carbocycles. The fourth-order valence-electron chi connectivity index (χ4n) is 3.56. The van der Waals surface area contributed by atoms with Crippen molar-refractivity contribution in [1.82, 2.24) is 4.98 Å². The van der Waals surface area contributed by atoms with Gasteiger partial charge in [-0.25, -0.2) is 12.8 Å². The van der Waals surface area contributed by atoms with Crippen LogP contribution in [0.5, 0.6) is 0 Å². The smallest absolute Gasteiger partial charge is 0.236 e. The van der Waals surface area contributed by atoms with Crippen LogP contribution in [0.1, 0.15) is 19.4 Å². The summed E-state index contributed by atoms with van der Waals surface area (Å²) in [4.78, 5) is 6.33. The molecule has 30 heavy (non-hydrogen) atoms. The third kappa shape index (κ3) is 3.97. The molecule has 158 valence electrons.